The summed E-state index contributed by atoms with van der Waals surface area (Å²) in [5.74, 6) is -1.42. The minimum atomic E-state index is -0.829. The van der Waals surface area contributed by atoms with E-state index < -0.39 is 11.9 Å². The van der Waals surface area contributed by atoms with Crippen LogP contribution < -0.4 is 0 Å². The van der Waals surface area contributed by atoms with Gasteiger partial charge in [0, 0.05) is 0 Å². The number of benzene rings is 2. The van der Waals surface area contributed by atoms with Gasteiger partial charge in [-0.1, -0.05) is 42.5 Å². The van der Waals surface area contributed by atoms with Crippen molar-refractivity contribution in [1.82, 2.24) is 9.97 Å². The van der Waals surface area contributed by atoms with Gasteiger partial charge in [-0.2, -0.15) is 0 Å². The van der Waals surface area contributed by atoms with Gasteiger partial charge in [-0.3, -0.25) is 4.79 Å². The molecule has 100 valence electrons. The SMILES string of the molecule is O=C(O)C(Cc1ccccc1)c1cccc2[nH]cnc12. The Morgan fingerprint density at radius 1 is 1.15 bits per heavy atom. The maximum Gasteiger partial charge on any atom is 0.311 e. The van der Waals surface area contributed by atoms with Crippen molar-refractivity contribution in [3.8, 4) is 0 Å². The Hall–Kier alpha value is -2.62. The second-order valence-corrected chi connectivity index (χ2v) is 4.73. The van der Waals surface area contributed by atoms with Crippen molar-refractivity contribution in [2.75, 3.05) is 0 Å². The third-order valence-electron chi connectivity index (χ3n) is 3.44. The maximum absolute atomic E-state index is 11.6. The molecule has 0 saturated heterocycles. The van der Waals surface area contributed by atoms with Gasteiger partial charge < -0.3 is 10.1 Å². The number of carboxylic acid groups (broad SMARTS) is 1. The quantitative estimate of drug-likeness (QED) is 0.763. The Balaban J connectivity index is 2.03. The molecule has 0 aliphatic rings. The monoisotopic (exact) mass is 266 g/mol. The summed E-state index contributed by atoms with van der Waals surface area (Å²) < 4.78 is 0. The number of fused-ring (bicyclic) bond motifs is 1. The lowest BCUT2D eigenvalue weighted by Gasteiger charge is -2.13. The summed E-state index contributed by atoms with van der Waals surface area (Å²) >= 11 is 0. The number of para-hydroxylation sites is 1. The van der Waals surface area contributed by atoms with Gasteiger partial charge in [0.25, 0.3) is 0 Å². The lowest BCUT2D eigenvalue weighted by atomic mass is 9.91. The Kier molecular flexibility index (Phi) is 3.21. The molecule has 0 spiro atoms. The summed E-state index contributed by atoms with van der Waals surface area (Å²) in [4.78, 5) is 18.9. The molecule has 3 rings (SSSR count). The van der Waals surface area contributed by atoms with Crippen LogP contribution in [0.1, 0.15) is 17.0 Å². The fourth-order valence-corrected chi connectivity index (χ4v) is 2.45. The standard InChI is InChI=1S/C16H14N2O2/c19-16(20)13(9-11-5-2-1-3-6-11)12-7-4-8-14-15(12)18-10-17-14/h1-8,10,13H,9H2,(H,17,18)(H,19,20). The highest BCUT2D eigenvalue weighted by atomic mass is 16.4. The van der Waals surface area contributed by atoms with Crippen LogP contribution in [0, 0.1) is 0 Å². The van der Waals surface area contributed by atoms with Gasteiger partial charge in [0.15, 0.2) is 0 Å². The first-order valence-electron chi connectivity index (χ1n) is 6.44. The zero-order valence-corrected chi connectivity index (χ0v) is 10.8. The highest BCUT2D eigenvalue weighted by molar-refractivity contribution is 5.86. The highest BCUT2D eigenvalue weighted by Gasteiger charge is 2.23. The number of hydrogen-bond donors (Lipinski definition) is 2. The zero-order valence-electron chi connectivity index (χ0n) is 10.8. The molecule has 4 nitrogen and oxygen atoms in total. The molecule has 0 amide bonds. The lowest BCUT2D eigenvalue weighted by Crippen LogP contribution is -2.15. The topological polar surface area (TPSA) is 66.0 Å². The van der Waals surface area contributed by atoms with Gasteiger partial charge in [0.2, 0.25) is 0 Å². The molecule has 0 fully saturated rings. The van der Waals surface area contributed by atoms with Crippen molar-refractivity contribution in [1.29, 1.82) is 0 Å². The van der Waals surface area contributed by atoms with Crippen LogP contribution in [0.25, 0.3) is 11.0 Å². The molecule has 2 aromatic carbocycles. The first-order chi connectivity index (χ1) is 9.75. The number of nitrogens with zero attached hydrogens (tertiary/aromatic N) is 1. The lowest BCUT2D eigenvalue weighted by molar-refractivity contribution is -0.138. The molecular weight excluding hydrogens is 252 g/mol. The van der Waals surface area contributed by atoms with Crippen LogP contribution in [0.2, 0.25) is 0 Å². The van der Waals surface area contributed by atoms with E-state index in [1.165, 1.54) is 0 Å². The number of aromatic nitrogens is 2. The third kappa shape index (κ3) is 2.28. The average Bonchev–Trinajstić information content (AvgIpc) is 2.94. The number of carboxylic acids is 1. The van der Waals surface area contributed by atoms with Crippen molar-refractivity contribution < 1.29 is 9.90 Å². The number of hydrogen-bond acceptors (Lipinski definition) is 2. The molecule has 0 saturated carbocycles. The molecule has 1 heterocycles. The molecule has 0 bridgehead atoms. The molecule has 2 N–H and O–H groups in total. The van der Waals surface area contributed by atoms with E-state index >= 15 is 0 Å². The van der Waals surface area contributed by atoms with Crippen LogP contribution in [0.4, 0.5) is 0 Å². The van der Waals surface area contributed by atoms with Crippen molar-refractivity contribution in [3.05, 3.63) is 66.0 Å². The van der Waals surface area contributed by atoms with E-state index in [0.717, 1.165) is 22.2 Å². The molecule has 1 unspecified atom stereocenters. The second-order valence-electron chi connectivity index (χ2n) is 4.73. The van der Waals surface area contributed by atoms with Crippen molar-refractivity contribution in [2.24, 2.45) is 0 Å². The molecule has 1 aromatic heterocycles. The van der Waals surface area contributed by atoms with E-state index in [4.69, 9.17) is 0 Å². The van der Waals surface area contributed by atoms with Gasteiger partial charge in [-0.25, -0.2) is 4.98 Å². The van der Waals surface area contributed by atoms with Crippen LogP contribution >= 0.6 is 0 Å². The second kappa shape index (κ2) is 5.17. The fraction of sp³-hybridized carbons (Fsp3) is 0.125. The Bertz CT molecular complexity index is 734. The van der Waals surface area contributed by atoms with Gasteiger partial charge >= 0.3 is 5.97 Å². The number of aromatic amines is 1. The summed E-state index contributed by atoms with van der Waals surface area (Å²) in [6.45, 7) is 0. The molecule has 0 aliphatic heterocycles. The molecule has 0 aliphatic carbocycles. The minimum Gasteiger partial charge on any atom is -0.481 e. The predicted octanol–water partition coefficient (Wildman–Crippen LogP) is 2.97. The summed E-state index contributed by atoms with van der Waals surface area (Å²) in [5, 5.41) is 9.55. The molecule has 0 radical (unpaired) electrons. The summed E-state index contributed by atoms with van der Waals surface area (Å²) in [5.41, 5.74) is 3.35. The first kappa shape index (κ1) is 12.4. The third-order valence-corrected chi connectivity index (χ3v) is 3.44. The van der Waals surface area contributed by atoms with Crippen molar-refractivity contribution in [2.45, 2.75) is 12.3 Å². The van der Waals surface area contributed by atoms with E-state index in [1.807, 2.05) is 48.5 Å². The Morgan fingerprint density at radius 3 is 2.70 bits per heavy atom. The van der Waals surface area contributed by atoms with Crippen molar-refractivity contribution in [3.63, 3.8) is 0 Å². The summed E-state index contributed by atoms with van der Waals surface area (Å²) in [6.07, 6.45) is 2.05. The molecular formula is C16H14N2O2. The normalized spacial score (nSPS) is 12.4. The van der Waals surface area contributed by atoms with E-state index in [1.54, 1.807) is 6.33 Å². The number of imidazole rings is 1. The smallest absolute Gasteiger partial charge is 0.311 e. The van der Waals surface area contributed by atoms with Gasteiger partial charge in [-0.15, -0.1) is 0 Å². The van der Waals surface area contributed by atoms with Crippen LogP contribution in [-0.4, -0.2) is 21.0 Å². The molecule has 4 heteroatoms. The fourth-order valence-electron chi connectivity index (χ4n) is 2.45. The minimum absolute atomic E-state index is 0.460. The molecule has 1 atom stereocenters. The number of H-pyrrole nitrogens is 1. The van der Waals surface area contributed by atoms with Crippen LogP contribution in [0.3, 0.4) is 0 Å². The number of rotatable bonds is 4. The van der Waals surface area contributed by atoms with Crippen LogP contribution in [-0.2, 0) is 11.2 Å². The van der Waals surface area contributed by atoms with E-state index in [9.17, 15) is 9.90 Å². The molecule has 20 heavy (non-hydrogen) atoms. The van der Waals surface area contributed by atoms with E-state index in [2.05, 4.69) is 9.97 Å². The first-order valence-corrected chi connectivity index (χ1v) is 6.44. The number of aliphatic carboxylic acids is 1. The van der Waals surface area contributed by atoms with Crippen LogP contribution in [0.15, 0.2) is 54.9 Å². The van der Waals surface area contributed by atoms with E-state index in [-0.39, 0.29) is 0 Å². The van der Waals surface area contributed by atoms with Gasteiger partial charge in [-0.05, 0) is 23.6 Å². The Labute approximate surface area is 116 Å². The van der Waals surface area contributed by atoms with Gasteiger partial charge in [0.05, 0.1) is 23.3 Å². The van der Waals surface area contributed by atoms with Crippen molar-refractivity contribution >= 4 is 17.0 Å². The summed E-state index contributed by atoms with van der Waals surface area (Å²) in [7, 11) is 0. The summed E-state index contributed by atoms with van der Waals surface area (Å²) in [6, 6.07) is 15.2. The van der Waals surface area contributed by atoms with Gasteiger partial charge in [0.1, 0.15) is 0 Å². The highest BCUT2D eigenvalue weighted by Crippen LogP contribution is 2.26. The zero-order chi connectivity index (χ0) is 13.9. The average molecular weight is 266 g/mol. The largest absolute Gasteiger partial charge is 0.481 e. The number of nitrogens with one attached hydrogen (secondary N) is 1. The van der Waals surface area contributed by atoms with E-state index in [0.29, 0.717) is 6.42 Å². The number of carbonyl (C=O) groups is 1. The van der Waals surface area contributed by atoms with Crippen LogP contribution in [0.5, 0.6) is 0 Å². The predicted molar refractivity (Wildman–Crippen MR) is 76.6 cm³/mol. The maximum atomic E-state index is 11.6. The Morgan fingerprint density at radius 2 is 1.95 bits per heavy atom. The molecule has 3 aromatic rings.